The zero-order valence-corrected chi connectivity index (χ0v) is 9.46. The maximum atomic E-state index is 11.8. The lowest BCUT2D eigenvalue weighted by molar-refractivity contribution is 0.250. The van der Waals surface area contributed by atoms with E-state index >= 15 is 0 Å². The minimum absolute atomic E-state index is 0.0815. The highest BCUT2D eigenvalue weighted by atomic mass is 32.2. The summed E-state index contributed by atoms with van der Waals surface area (Å²) in [6, 6.07) is 0.170. The molecule has 84 valence electrons. The van der Waals surface area contributed by atoms with Crippen molar-refractivity contribution in [1.82, 2.24) is 4.31 Å². The first-order chi connectivity index (χ1) is 6.61. The Bertz CT molecular complexity index is 259. The summed E-state index contributed by atoms with van der Waals surface area (Å²) in [6.07, 6.45) is 3.49. The molecule has 1 fully saturated rings. The topological polar surface area (TPSA) is 57.6 Å². The van der Waals surface area contributed by atoms with E-state index in [1.54, 1.807) is 0 Å². The first kappa shape index (κ1) is 11.9. The predicted octanol–water partition coefficient (Wildman–Crippen LogP) is 0.573. The van der Waals surface area contributed by atoms with Gasteiger partial charge in [0.15, 0.2) is 0 Å². The van der Waals surface area contributed by atoms with Crippen molar-refractivity contribution in [1.29, 1.82) is 0 Å². The fourth-order valence-corrected chi connectivity index (χ4v) is 3.37. The first-order valence-electron chi connectivity index (χ1n) is 5.22. The average Bonchev–Trinajstić information content (AvgIpc) is 2.94. The molecule has 0 aromatic heterocycles. The van der Waals surface area contributed by atoms with Crippen LogP contribution in [0, 0.1) is 0 Å². The van der Waals surface area contributed by atoms with E-state index in [4.69, 9.17) is 5.11 Å². The summed E-state index contributed by atoms with van der Waals surface area (Å²) in [5, 5.41) is 8.80. The van der Waals surface area contributed by atoms with Crippen molar-refractivity contribution >= 4 is 10.0 Å². The van der Waals surface area contributed by atoms with Gasteiger partial charge in [-0.3, -0.25) is 0 Å². The second kappa shape index (κ2) is 5.09. The second-order valence-corrected chi connectivity index (χ2v) is 5.78. The van der Waals surface area contributed by atoms with Crippen LogP contribution < -0.4 is 0 Å². The monoisotopic (exact) mass is 221 g/mol. The summed E-state index contributed by atoms with van der Waals surface area (Å²) in [7, 11) is -3.11. The van der Waals surface area contributed by atoms with Gasteiger partial charge in [0.25, 0.3) is 0 Å². The lowest BCUT2D eigenvalue weighted by Gasteiger charge is -2.20. The maximum Gasteiger partial charge on any atom is 0.214 e. The third-order valence-corrected chi connectivity index (χ3v) is 4.39. The van der Waals surface area contributed by atoms with Gasteiger partial charge >= 0.3 is 0 Å². The molecule has 1 aliphatic rings. The van der Waals surface area contributed by atoms with Crippen molar-refractivity contribution in [2.45, 2.75) is 38.6 Å². The normalized spacial score (nSPS) is 17.6. The highest BCUT2D eigenvalue weighted by molar-refractivity contribution is 7.89. The number of aliphatic hydroxyl groups excluding tert-OH is 1. The molecule has 0 spiro atoms. The van der Waals surface area contributed by atoms with Crippen LogP contribution in [0.15, 0.2) is 0 Å². The van der Waals surface area contributed by atoms with Crippen LogP contribution in [-0.4, -0.2) is 42.8 Å². The standard InChI is InChI=1S/C9H19NO3S/c1-2-3-8-14(12,13)10(6-7-11)9-4-5-9/h9,11H,2-8H2,1H3. The minimum Gasteiger partial charge on any atom is -0.395 e. The molecule has 1 rings (SSSR count). The molecule has 1 N–H and O–H groups in total. The van der Waals surface area contributed by atoms with Crippen LogP contribution in [0.1, 0.15) is 32.6 Å². The van der Waals surface area contributed by atoms with Gasteiger partial charge in [0, 0.05) is 12.6 Å². The highest BCUT2D eigenvalue weighted by Crippen LogP contribution is 2.29. The van der Waals surface area contributed by atoms with Crippen molar-refractivity contribution in [3.05, 3.63) is 0 Å². The van der Waals surface area contributed by atoms with E-state index < -0.39 is 10.0 Å². The average molecular weight is 221 g/mol. The Morgan fingerprint density at radius 2 is 2.07 bits per heavy atom. The van der Waals surface area contributed by atoms with Gasteiger partial charge in [0.1, 0.15) is 0 Å². The molecule has 5 heteroatoms. The molecule has 0 heterocycles. The Labute approximate surface area is 86.0 Å². The fraction of sp³-hybridized carbons (Fsp3) is 1.00. The van der Waals surface area contributed by atoms with Crippen molar-refractivity contribution in [3.8, 4) is 0 Å². The van der Waals surface area contributed by atoms with E-state index in [0.717, 1.165) is 19.3 Å². The Hall–Kier alpha value is -0.130. The zero-order valence-electron chi connectivity index (χ0n) is 8.65. The summed E-state index contributed by atoms with van der Waals surface area (Å²) in [5.41, 5.74) is 0. The summed E-state index contributed by atoms with van der Waals surface area (Å²) in [5.74, 6) is 0.222. The van der Waals surface area contributed by atoms with Crippen molar-refractivity contribution in [2.24, 2.45) is 0 Å². The van der Waals surface area contributed by atoms with E-state index in [9.17, 15) is 8.42 Å². The molecule has 0 amide bonds. The third kappa shape index (κ3) is 3.22. The Balaban J connectivity index is 2.55. The predicted molar refractivity (Wildman–Crippen MR) is 55.5 cm³/mol. The number of rotatable bonds is 7. The van der Waals surface area contributed by atoms with Crippen LogP contribution in [0.5, 0.6) is 0 Å². The van der Waals surface area contributed by atoms with Crippen LogP contribution in [0.4, 0.5) is 0 Å². The number of unbranched alkanes of at least 4 members (excludes halogenated alkanes) is 1. The fourth-order valence-electron chi connectivity index (χ4n) is 1.45. The van der Waals surface area contributed by atoms with Gasteiger partial charge < -0.3 is 5.11 Å². The molecule has 4 nitrogen and oxygen atoms in total. The van der Waals surface area contributed by atoms with Gasteiger partial charge in [-0.25, -0.2) is 8.42 Å². The van der Waals surface area contributed by atoms with E-state index in [1.165, 1.54) is 4.31 Å². The SMILES string of the molecule is CCCCS(=O)(=O)N(CCO)C1CC1. The van der Waals surface area contributed by atoms with Crippen molar-refractivity contribution in [3.63, 3.8) is 0 Å². The Kier molecular flexibility index (Phi) is 4.34. The molecule has 0 aromatic rings. The van der Waals surface area contributed by atoms with Gasteiger partial charge in [-0.1, -0.05) is 13.3 Å². The number of hydrogen-bond acceptors (Lipinski definition) is 3. The molecule has 0 unspecified atom stereocenters. The molecule has 1 saturated carbocycles. The number of aliphatic hydroxyl groups is 1. The summed E-state index contributed by atoms with van der Waals surface area (Å²) in [4.78, 5) is 0. The number of hydrogen-bond donors (Lipinski definition) is 1. The maximum absolute atomic E-state index is 11.8. The van der Waals surface area contributed by atoms with Crippen LogP contribution >= 0.6 is 0 Å². The smallest absolute Gasteiger partial charge is 0.214 e. The van der Waals surface area contributed by atoms with Gasteiger partial charge in [0.05, 0.1) is 12.4 Å². The zero-order chi connectivity index (χ0) is 10.6. The van der Waals surface area contributed by atoms with Crippen LogP contribution in [0.3, 0.4) is 0 Å². The van der Waals surface area contributed by atoms with Crippen LogP contribution in [-0.2, 0) is 10.0 Å². The van der Waals surface area contributed by atoms with Gasteiger partial charge in [-0.05, 0) is 19.3 Å². The van der Waals surface area contributed by atoms with Crippen LogP contribution in [0.2, 0.25) is 0 Å². The largest absolute Gasteiger partial charge is 0.395 e. The minimum atomic E-state index is -3.11. The van der Waals surface area contributed by atoms with Crippen molar-refractivity contribution < 1.29 is 13.5 Å². The molecule has 0 bridgehead atoms. The van der Waals surface area contributed by atoms with E-state index in [-0.39, 0.29) is 24.9 Å². The van der Waals surface area contributed by atoms with Gasteiger partial charge in [-0.2, -0.15) is 4.31 Å². The number of nitrogens with zero attached hydrogens (tertiary/aromatic N) is 1. The molecule has 0 aliphatic heterocycles. The van der Waals surface area contributed by atoms with E-state index in [1.807, 2.05) is 6.92 Å². The van der Waals surface area contributed by atoms with Crippen molar-refractivity contribution in [2.75, 3.05) is 18.9 Å². The Morgan fingerprint density at radius 3 is 2.50 bits per heavy atom. The van der Waals surface area contributed by atoms with E-state index in [0.29, 0.717) is 6.42 Å². The first-order valence-corrected chi connectivity index (χ1v) is 6.83. The second-order valence-electron chi connectivity index (χ2n) is 3.74. The lowest BCUT2D eigenvalue weighted by Crippen LogP contribution is -2.37. The molecule has 0 atom stereocenters. The summed E-state index contributed by atoms with van der Waals surface area (Å²) in [6.45, 7) is 2.15. The summed E-state index contributed by atoms with van der Waals surface area (Å²) >= 11 is 0. The molecule has 1 aliphatic carbocycles. The molecular formula is C9H19NO3S. The quantitative estimate of drug-likeness (QED) is 0.684. The van der Waals surface area contributed by atoms with E-state index in [2.05, 4.69) is 0 Å². The lowest BCUT2D eigenvalue weighted by atomic mass is 10.4. The Morgan fingerprint density at radius 1 is 1.43 bits per heavy atom. The summed E-state index contributed by atoms with van der Waals surface area (Å²) < 4.78 is 25.0. The molecular weight excluding hydrogens is 202 g/mol. The molecule has 0 radical (unpaired) electrons. The number of sulfonamides is 1. The molecule has 0 aromatic carbocycles. The van der Waals surface area contributed by atoms with Gasteiger partial charge in [-0.15, -0.1) is 0 Å². The van der Waals surface area contributed by atoms with Gasteiger partial charge in [0.2, 0.25) is 10.0 Å². The van der Waals surface area contributed by atoms with Crippen LogP contribution in [0.25, 0.3) is 0 Å². The molecule has 14 heavy (non-hydrogen) atoms. The highest BCUT2D eigenvalue weighted by Gasteiger charge is 2.36. The molecule has 0 saturated heterocycles. The third-order valence-electron chi connectivity index (χ3n) is 2.39.